The van der Waals surface area contributed by atoms with Crippen molar-refractivity contribution in [3.8, 4) is 16.9 Å². The molecule has 0 radical (unpaired) electrons. The molecule has 0 aliphatic carbocycles. The molecule has 0 bridgehead atoms. The molecule has 0 aliphatic rings. The number of hydrogen-bond acceptors (Lipinski definition) is 4. The van der Waals surface area contributed by atoms with E-state index in [4.69, 9.17) is 4.74 Å². The standard InChI is InChI=1S/C20H17N3O2/c24-20(23-22-14-16-10-12-21-13-11-16)15-25-19-8-6-18(7-9-19)17-4-2-1-3-5-17/h1-14H,15H2,(H,23,24)/b22-14+. The third-order valence-corrected chi connectivity index (χ3v) is 3.44. The zero-order chi connectivity index (χ0) is 17.3. The first-order valence-electron chi connectivity index (χ1n) is 7.81. The summed E-state index contributed by atoms with van der Waals surface area (Å²) in [6, 6.07) is 21.3. The van der Waals surface area contributed by atoms with Crippen LogP contribution < -0.4 is 10.2 Å². The van der Waals surface area contributed by atoms with Crippen LogP contribution in [0.4, 0.5) is 0 Å². The lowest BCUT2D eigenvalue weighted by Gasteiger charge is -2.06. The highest BCUT2D eigenvalue weighted by Gasteiger charge is 2.02. The highest BCUT2D eigenvalue weighted by Crippen LogP contribution is 2.21. The third kappa shape index (κ3) is 5.00. The van der Waals surface area contributed by atoms with E-state index in [9.17, 15) is 4.79 Å². The van der Waals surface area contributed by atoms with Crippen LogP contribution in [0.15, 0.2) is 84.2 Å². The SMILES string of the molecule is O=C(COc1ccc(-c2ccccc2)cc1)N/N=C/c1ccncc1. The summed E-state index contributed by atoms with van der Waals surface area (Å²) >= 11 is 0. The second-order valence-corrected chi connectivity index (χ2v) is 5.25. The molecule has 0 aliphatic heterocycles. The summed E-state index contributed by atoms with van der Waals surface area (Å²) in [7, 11) is 0. The molecule has 2 aromatic carbocycles. The maximum absolute atomic E-state index is 11.7. The highest BCUT2D eigenvalue weighted by molar-refractivity contribution is 5.82. The fourth-order valence-corrected chi connectivity index (χ4v) is 2.18. The van der Waals surface area contributed by atoms with Gasteiger partial charge in [0.15, 0.2) is 6.61 Å². The van der Waals surface area contributed by atoms with Crippen LogP contribution in [0.3, 0.4) is 0 Å². The number of nitrogens with one attached hydrogen (secondary N) is 1. The molecule has 3 aromatic rings. The van der Waals surface area contributed by atoms with Gasteiger partial charge in [0.2, 0.25) is 0 Å². The summed E-state index contributed by atoms with van der Waals surface area (Å²) in [6.45, 7) is -0.0988. The monoisotopic (exact) mass is 331 g/mol. The maximum atomic E-state index is 11.7. The van der Waals surface area contributed by atoms with E-state index in [-0.39, 0.29) is 12.5 Å². The van der Waals surface area contributed by atoms with Crippen molar-refractivity contribution in [2.45, 2.75) is 0 Å². The molecule has 1 aromatic heterocycles. The van der Waals surface area contributed by atoms with Crippen LogP contribution >= 0.6 is 0 Å². The van der Waals surface area contributed by atoms with E-state index in [1.807, 2.05) is 54.6 Å². The smallest absolute Gasteiger partial charge is 0.277 e. The average molecular weight is 331 g/mol. The molecular weight excluding hydrogens is 314 g/mol. The van der Waals surface area contributed by atoms with Gasteiger partial charge >= 0.3 is 0 Å². The Balaban J connectivity index is 1.48. The van der Waals surface area contributed by atoms with E-state index in [2.05, 4.69) is 15.5 Å². The van der Waals surface area contributed by atoms with Crippen LogP contribution in [0.25, 0.3) is 11.1 Å². The Bertz CT molecular complexity index is 832. The first-order chi connectivity index (χ1) is 12.3. The first kappa shape index (κ1) is 16.4. The summed E-state index contributed by atoms with van der Waals surface area (Å²) < 4.78 is 5.47. The molecular formula is C20H17N3O2. The fourth-order valence-electron chi connectivity index (χ4n) is 2.18. The Morgan fingerprint density at radius 1 is 0.960 bits per heavy atom. The molecule has 0 spiro atoms. The lowest BCUT2D eigenvalue weighted by atomic mass is 10.1. The average Bonchev–Trinajstić information content (AvgIpc) is 2.68. The van der Waals surface area contributed by atoms with E-state index in [0.29, 0.717) is 5.75 Å². The molecule has 124 valence electrons. The molecule has 0 atom stereocenters. The van der Waals surface area contributed by atoms with Crippen LogP contribution in [-0.2, 0) is 4.79 Å². The van der Waals surface area contributed by atoms with Crippen molar-refractivity contribution in [3.63, 3.8) is 0 Å². The Kier molecular flexibility index (Phi) is 5.51. The van der Waals surface area contributed by atoms with Gasteiger partial charge in [-0.3, -0.25) is 9.78 Å². The number of nitrogens with zero attached hydrogens (tertiary/aromatic N) is 2. The van der Waals surface area contributed by atoms with Gasteiger partial charge in [0.25, 0.3) is 5.91 Å². The van der Waals surface area contributed by atoms with E-state index in [1.54, 1.807) is 30.7 Å². The molecule has 0 saturated heterocycles. The predicted molar refractivity (Wildman–Crippen MR) is 97.3 cm³/mol. The molecule has 0 saturated carbocycles. The van der Waals surface area contributed by atoms with Gasteiger partial charge in [0.1, 0.15) is 5.75 Å². The molecule has 1 heterocycles. The predicted octanol–water partition coefficient (Wildman–Crippen LogP) is 3.28. The van der Waals surface area contributed by atoms with Crippen LogP contribution in [0.1, 0.15) is 5.56 Å². The number of ether oxygens (including phenoxy) is 1. The molecule has 0 fully saturated rings. The Labute approximate surface area is 146 Å². The van der Waals surface area contributed by atoms with Crippen LogP contribution in [-0.4, -0.2) is 23.7 Å². The quantitative estimate of drug-likeness (QED) is 0.557. The number of benzene rings is 2. The zero-order valence-electron chi connectivity index (χ0n) is 13.5. The number of aromatic nitrogens is 1. The summed E-state index contributed by atoms with van der Waals surface area (Å²) in [5.74, 6) is 0.311. The van der Waals surface area contributed by atoms with Crippen molar-refractivity contribution in [2.75, 3.05) is 6.61 Å². The minimum Gasteiger partial charge on any atom is -0.484 e. The largest absolute Gasteiger partial charge is 0.484 e. The topological polar surface area (TPSA) is 63.6 Å². The minimum atomic E-state index is -0.322. The normalized spacial score (nSPS) is 10.6. The maximum Gasteiger partial charge on any atom is 0.277 e. The molecule has 0 unspecified atom stereocenters. The zero-order valence-corrected chi connectivity index (χ0v) is 13.5. The van der Waals surface area contributed by atoms with Gasteiger partial charge in [-0.1, -0.05) is 42.5 Å². The van der Waals surface area contributed by atoms with Crippen LogP contribution in [0, 0.1) is 0 Å². The Hall–Kier alpha value is -3.47. The Morgan fingerprint density at radius 3 is 2.36 bits per heavy atom. The summed E-state index contributed by atoms with van der Waals surface area (Å²) in [5, 5.41) is 3.88. The lowest BCUT2D eigenvalue weighted by molar-refractivity contribution is -0.123. The van der Waals surface area contributed by atoms with E-state index >= 15 is 0 Å². The van der Waals surface area contributed by atoms with E-state index < -0.39 is 0 Å². The molecule has 25 heavy (non-hydrogen) atoms. The van der Waals surface area contributed by atoms with Crippen LogP contribution in [0.2, 0.25) is 0 Å². The second-order valence-electron chi connectivity index (χ2n) is 5.25. The fraction of sp³-hybridized carbons (Fsp3) is 0.0500. The van der Waals surface area contributed by atoms with Crippen molar-refractivity contribution in [2.24, 2.45) is 5.10 Å². The van der Waals surface area contributed by atoms with E-state index in [0.717, 1.165) is 16.7 Å². The molecule has 1 N–H and O–H groups in total. The molecule has 1 amide bonds. The number of carbonyl (C=O) groups excluding carboxylic acids is 1. The lowest BCUT2D eigenvalue weighted by Crippen LogP contribution is -2.24. The third-order valence-electron chi connectivity index (χ3n) is 3.44. The summed E-state index contributed by atoms with van der Waals surface area (Å²) in [6.07, 6.45) is 4.87. The number of hydrogen-bond donors (Lipinski definition) is 1. The molecule has 5 heteroatoms. The Morgan fingerprint density at radius 2 is 1.64 bits per heavy atom. The number of amides is 1. The number of pyridine rings is 1. The second kappa shape index (κ2) is 8.40. The number of carbonyl (C=O) groups is 1. The van der Waals surface area contributed by atoms with Crippen molar-refractivity contribution in [1.82, 2.24) is 10.4 Å². The first-order valence-corrected chi connectivity index (χ1v) is 7.81. The van der Waals surface area contributed by atoms with Crippen molar-refractivity contribution < 1.29 is 9.53 Å². The van der Waals surface area contributed by atoms with Gasteiger partial charge in [0.05, 0.1) is 6.21 Å². The van der Waals surface area contributed by atoms with Crippen molar-refractivity contribution in [1.29, 1.82) is 0 Å². The highest BCUT2D eigenvalue weighted by atomic mass is 16.5. The van der Waals surface area contributed by atoms with E-state index in [1.165, 1.54) is 0 Å². The van der Waals surface area contributed by atoms with Gasteiger partial charge in [-0.15, -0.1) is 0 Å². The van der Waals surface area contributed by atoms with Crippen molar-refractivity contribution >= 4 is 12.1 Å². The van der Waals surface area contributed by atoms with Crippen LogP contribution in [0.5, 0.6) is 5.75 Å². The van der Waals surface area contributed by atoms with Gasteiger partial charge in [-0.2, -0.15) is 5.10 Å². The molecule has 5 nitrogen and oxygen atoms in total. The number of hydrazone groups is 1. The van der Waals surface area contributed by atoms with Gasteiger partial charge in [-0.25, -0.2) is 5.43 Å². The van der Waals surface area contributed by atoms with Gasteiger partial charge in [-0.05, 0) is 41.0 Å². The molecule has 3 rings (SSSR count). The van der Waals surface area contributed by atoms with Crippen molar-refractivity contribution in [3.05, 3.63) is 84.7 Å². The minimum absolute atomic E-state index is 0.0988. The van der Waals surface area contributed by atoms with Gasteiger partial charge < -0.3 is 4.74 Å². The summed E-state index contributed by atoms with van der Waals surface area (Å²) in [4.78, 5) is 15.6. The number of rotatable bonds is 6. The summed E-state index contributed by atoms with van der Waals surface area (Å²) in [5.41, 5.74) is 5.51. The van der Waals surface area contributed by atoms with Gasteiger partial charge in [0, 0.05) is 12.4 Å².